The van der Waals surface area contributed by atoms with Gasteiger partial charge < -0.3 is 20.6 Å². The third-order valence-corrected chi connectivity index (χ3v) is 4.75. The average Bonchev–Trinajstić information content (AvgIpc) is 2.67. The van der Waals surface area contributed by atoms with Crippen LogP contribution in [0, 0.1) is 5.41 Å². The van der Waals surface area contributed by atoms with Crippen LogP contribution in [0.15, 0.2) is 48.5 Å². The van der Waals surface area contributed by atoms with E-state index in [-0.39, 0.29) is 12.3 Å². The van der Waals surface area contributed by atoms with Crippen molar-refractivity contribution < 1.29 is 9.90 Å². The topological polar surface area (TPSA) is 93.7 Å². The van der Waals surface area contributed by atoms with E-state index in [4.69, 9.17) is 16.2 Å². The summed E-state index contributed by atoms with van der Waals surface area (Å²) in [6, 6.07) is 16.0. The number of carbonyl (C=O) groups is 1. The first-order valence-electron chi connectivity index (χ1n) is 8.78. The molecule has 0 aliphatic carbocycles. The van der Waals surface area contributed by atoms with Crippen molar-refractivity contribution in [3.63, 3.8) is 0 Å². The molecule has 1 heterocycles. The number of nitrogens with one attached hydrogen (secondary N) is 1. The number of rotatable bonds is 6. The second-order valence-electron chi connectivity index (χ2n) is 6.49. The fourth-order valence-corrected chi connectivity index (χ4v) is 3.20. The van der Waals surface area contributed by atoms with Crippen molar-refractivity contribution in [2.45, 2.75) is 12.8 Å². The molecule has 1 saturated heterocycles. The lowest BCUT2D eigenvalue weighted by atomic mass is 10.1. The zero-order valence-corrected chi connectivity index (χ0v) is 14.7. The Morgan fingerprint density at radius 2 is 1.38 bits per heavy atom. The van der Waals surface area contributed by atoms with Crippen molar-refractivity contribution in [1.82, 2.24) is 0 Å². The van der Waals surface area contributed by atoms with Crippen LogP contribution in [0.4, 0.5) is 11.4 Å². The zero-order valence-electron chi connectivity index (χ0n) is 14.7. The second-order valence-corrected chi connectivity index (χ2v) is 6.49. The predicted molar refractivity (Wildman–Crippen MR) is 104 cm³/mol. The average molecular weight is 352 g/mol. The van der Waals surface area contributed by atoms with Gasteiger partial charge in [0.25, 0.3) is 0 Å². The molecule has 0 unspecified atom stereocenters. The summed E-state index contributed by atoms with van der Waals surface area (Å²) in [4.78, 5) is 15.3. The van der Waals surface area contributed by atoms with Gasteiger partial charge in [-0.2, -0.15) is 0 Å². The predicted octanol–water partition coefficient (Wildman–Crippen LogP) is 2.31. The molecule has 26 heavy (non-hydrogen) atoms. The summed E-state index contributed by atoms with van der Waals surface area (Å²) in [5.41, 5.74) is 9.63. The summed E-state index contributed by atoms with van der Waals surface area (Å²) in [7, 11) is 0. The number of benzene rings is 2. The van der Waals surface area contributed by atoms with Crippen LogP contribution in [0.5, 0.6) is 0 Å². The number of carboxylic acid groups (broad SMARTS) is 1. The summed E-state index contributed by atoms with van der Waals surface area (Å²) in [5.74, 6) is -0.672. The summed E-state index contributed by atoms with van der Waals surface area (Å²) in [6.45, 7) is 3.73. The van der Waals surface area contributed by atoms with E-state index < -0.39 is 5.97 Å². The number of hydrogen-bond donors (Lipinski definition) is 3. The number of aliphatic carboxylic acids is 1. The summed E-state index contributed by atoms with van der Waals surface area (Å²) >= 11 is 0. The van der Waals surface area contributed by atoms with E-state index in [1.807, 2.05) is 36.4 Å². The monoisotopic (exact) mass is 352 g/mol. The number of piperazine rings is 1. The van der Waals surface area contributed by atoms with Crippen LogP contribution in [-0.4, -0.2) is 43.1 Å². The van der Waals surface area contributed by atoms with Crippen LogP contribution in [0.2, 0.25) is 0 Å². The quantitative estimate of drug-likeness (QED) is 0.548. The van der Waals surface area contributed by atoms with Crippen LogP contribution >= 0.6 is 0 Å². The number of aryl methyl sites for hydroxylation is 1. The van der Waals surface area contributed by atoms with Gasteiger partial charge in [0, 0.05) is 49.5 Å². The Balaban J connectivity index is 1.56. The Kier molecular flexibility index (Phi) is 5.41. The van der Waals surface area contributed by atoms with Crippen LogP contribution in [0.3, 0.4) is 0 Å². The minimum Gasteiger partial charge on any atom is -0.481 e. The zero-order chi connectivity index (χ0) is 18.5. The molecule has 2 aromatic rings. The van der Waals surface area contributed by atoms with Crippen LogP contribution in [0.1, 0.15) is 17.5 Å². The highest BCUT2D eigenvalue weighted by Crippen LogP contribution is 2.21. The normalized spacial score (nSPS) is 14.3. The molecule has 0 aromatic heterocycles. The van der Waals surface area contributed by atoms with Gasteiger partial charge in [-0.1, -0.05) is 12.1 Å². The molecular weight excluding hydrogens is 328 g/mol. The molecule has 1 aliphatic rings. The smallest absolute Gasteiger partial charge is 0.303 e. The molecule has 0 atom stereocenters. The lowest BCUT2D eigenvalue weighted by molar-refractivity contribution is -0.136. The largest absolute Gasteiger partial charge is 0.481 e. The van der Waals surface area contributed by atoms with Gasteiger partial charge in [-0.3, -0.25) is 10.2 Å². The lowest BCUT2D eigenvalue weighted by Crippen LogP contribution is -2.46. The van der Waals surface area contributed by atoms with Crippen LogP contribution < -0.4 is 15.5 Å². The maximum atomic E-state index is 10.7. The number of hydrogen-bond acceptors (Lipinski definition) is 4. The van der Waals surface area contributed by atoms with E-state index in [9.17, 15) is 4.79 Å². The Labute approximate surface area is 153 Å². The minimum atomic E-state index is -0.762. The maximum absolute atomic E-state index is 10.7. The first kappa shape index (κ1) is 17.8. The Bertz CT molecular complexity index is 763. The fourth-order valence-electron chi connectivity index (χ4n) is 3.20. The molecule has 4 N–H and O–H groups in total. The van der Waals surface area contributed by atoms with Gasteiger partial charge in [0.1, 0.15) is 5.84 Å². The lowest BCUT2D eigenvalue weighted by Gasteiger charge is -2.37. The van der Waals surface area contributed by atoms with E-state index in [2.05, 4.69) is 21.9 Å². The van der Waals surface area contributed by atoms with Crippen molar-refractivity contribution in [3.05, 3.63) is 59.7 Å². The van der Waals surface area contributed by atoms with Gasteiger partial charge in [-0.05, 0) is 48.4 Å². The number of nitrogens with two attached hydrogens (primary N) is 1. The van der Waals surface area contributed by atoms with Crippen LogP contribution in [-0.2, 0) is 11.2 Å². The van der Waals surface area contributed by atoms with Crippen molar-refractivity contribution in [1.29, 1.82) is 5.41 Å². The molecule has 2 aromatic carbocycles. The summed E-state index contributed by atoms with van der Waals surface area (Å²) in [6.07, 6.45) is 0.736. The second kappa shape index (κ2) is 7.91. The molecular formula is C20H24N4O2. The number of nitrogens with zero attached hydrogens (tertiary/aromatic N) is 2. The molecule has 1 aliphatic heterocycles. The Morgan fingerprint density at radius 3 is 1.81 bits per heavy atom. The first-order valence-corrected chi connectivity index (χ1v) is 8.78. The van der Waals surface area contributed by atoms with E-state index in [0.29, 0.717) is 6.42 Å². The SMILES string of the molecule is N=C(N)c1ccc(N2CCN(c3ccc(CCC(=O)O)cc3)CC2)cc1. The van der Waals surface area contributed by atoms with Crippen molar-refractivity contribution >= 4 is 23.2 Å². The molecule has 1 fully saturated rings. The third kappa shape index (κ3) is 4.33. The number of nitrogen functional groups attached to an aromatic ring is 1. The van der Waals surface area contributed by atoms with Crippen molar-refractivity contribution in [2.75, 3.05) is 36.0 Å². The van der Waals surface area contributed by atoms with E-state index in [1.54, 1.807) is 0 Å². The molecule has 0 saturated carbocycles. The molecule has 6 heteroatoms. The van der Waals surface area contributed by atoms with Gasteiger partial charge in [0.05, 0.1) is 0 Å². The van der Waals surface area contributed by atoms with Gasteiger partial charge in [-0.15, -0.1) is 0 Å². The van der Waals surface area contributed by atoms with Gasteiger partial charge >= 0.3 is 5.97 Å². The number of carboxylic acids is 1. The fraction of sp³-hybridized carbons (Fsp3) is 0.300. The number of amidine groups is 1. The van der Waals surface area contributed by atoms with E-state index in [1.165, 1.54) is 5.69 Å². The molecule has 0 amide bonds. The Hall–Kier alpha value is -3.02. The van der Waals surface area contributed by atoms with Crippen LogP contribution in [0.25, 0.3) is 0 Å². The standard InChI is InChI=1S/C20H24N4O2/c21-20(22)16-4-8-18(9-5-16)24-13-11-23(12-14-24)17-6-1-15(2-7-17)3-10-19(25)26/h1-2,4-9H,3,10-14H2,(H3,21,22)(H,25,26). The number of anilines is 2. The molecule has 0 bridgehead atoms. The third-order valence-electron chi connectivity index (χ3n) is 4.75. The highest BCUT2D eigenvalue weighted by Gasteiger charge is 2.17. The minimum absolute atomic E-state index is 0.0909. The highest BCUT2D eigenvalue weighted by atomic mass is 16.4. The molecule has 6 nitrogen and oxygen atoms in total. The highest BCUT2D eigenvalue weighted by molar-refractivity contribution is 5.95. The van der Waals surface area contributed by atoms with Gasteiger partial charge in [-0.25, -0.2) is 0 Å². The molecule has 136 valence electrons. The first-order chi connectivity index (χ1) is 12.5. The molecule has 0 spiro atoms. The molecule has 3 rings (SSSR count). The summed E-state index contributed by atoms with van der Waals surface area (Å²) in [5, 5.41) is 16.2. The van der Waals surface area contributed by atoms with E-state index in [0.717, 1.165) is 43.0 Å². The van der Waals surface area contributed by atoms with Gasteiger partial charge in [0.15, 0.2) is 0 Å². The maximum Gasteiger partial charge on any atom is 0.303 e. The van der Waals surface area contributed by atoms with E-state index >= 15 is 0 Å². The molecule has 0 radical (unpaired) electrons. The van der Waals surface area contributed by atoms with Crippen molar-refractivity contribution in [3.8, 4) is 0 Å². The van der Waals surface area contributed by atoms with Crippen molar-refractivity contribution in [2.24, 2.45) is 5.73 Å². The summed E-state index contributed by atoms with van der Waals surface area (Å²) < 4.78 is 0. The Morgan fingerprint density at radius 1 is 0.923 bits per heavy atom. The van der Waals surface area contributed by atoms with Gasteiger partial charge in [0.2, 0.25) is 0 Å².